The zero-order chi connectivity index (χ0) is 21.5. The lowest BCUT2D eigenvalue weighted by Gasteiger charge is -2.35. The zero-order valence-corrected chi connectivity index (χ0v) is 18.7. The van der Waals surface area contributed by atoms with Crippen LogP contribution in [0.3, 0.4) is 0 Å². The van der Waals surface area contributed by atoms with Crippen molar-refractivity contribution in [1.29, 1.82) is 0 Å². The topological polar surface area (TPSA) is 50.1 Å². The van der Waals surface area contributed by atoms with Gasteiger partial charge >= 0.3 is 0 Å². The number of halogens is 1. The molecule has 2 aliphatic rings. The van der Waals surface area contributed by atoms with Gasteiger partial charge in [-0.15, -0.1) is 0 Å². The molecule has 0 spiro atoms. The van der Waals surface area contributed by atoms with Crippen molar-refractivity contribution in [2.24, 2.45) is 0 Å². The average molecular weight is 439 g/mol. The molecule has 31 heavy (non-hydrogen) atoms. The third-order valence-electron chi connectivity index (χ3n) is 6.17. The SMILES string of the molecule is C[C@@H]1CN(Cc2c(C(=O)N3CCc4ccccc4C3)nc3ccc(Cl)cn23)C[C@H](C)O1. The van der Waals surface area contributed by atoms with E-state index in [2.05, 4.69) is 36.9 Å². The number of carbonyl (C=O) groups is 1. The van der Waals surface area contributed by atoms with Crippen molar-refractivity contribution >= 4 is 23.2 Å². The third kappa shape index (κ3) is 4.07. The van der Waals surface area contributed by atoms with E-state index in [1.807, 2.05) is 33.7 Å². The number of ether oxygens (including phenoxy) is 1. The van der Waals surface area contributed by atoms with Gasteiger partial charge in [0, 0.05) is 38.9 Å². The van der Waals surface area contributed by atoms with Crippen molar-refractivity contribution in [2.75, 3.05) is 19.6 Å². The number of rotatable bonds is 3. The molecule has 162 valence electrons. The van der Waals surface area contributed by atoms with Crippen molar-refractivity contribution in [3.05, 3.63) is 70.1 Å². The van der Waals surface area contributed by atoms with Crippen LogP contribution < -0.4 is 0 Å². The molecule has 1 fully saturated rings. The van der Waals surface area contributed by atoms with Crippen LogP contribution >= 0.6 is 11.6 Å². The first kappa shape index (κ1) is 20.5. The Balaban J connectivity index is 1.49. The molecule has 5 rings (SSSR count). The maximum absolute atomic E-state index is 13.6. The third-order valence-corrected chi connectivity index (χ3v) is 6.39. The van der Waals surface area contributed by atoms with Gasteiger partial charge in [-0.25, -0.2) is 4.98 Å². The van der Waals surface area contributed by atoms with E-state index in [-0.39, 0.29) is 18.1 Å². The number of fused-ring (bicyclic) bond motifs is 2. The number of aromatic nitrogens is 2. The fourth-order valence-corrected chi connectivity index (χ4v) is 4.99. The smallest absolute Gasteiger partial charge is 0.274 e. The number of pyridine rings is 1. The summed E-state index contributed by atoms with van der Waals surface area (Å²) in [7, 11) is 0. The highest BCUT2D eigenvalue weighted by Crippen LogP contribution is 2.25. The maximum Gasteiger partial charge on any atom is 0.274 e. The van der Waals surface area contributed by atoms with Crippen LogP contribution in [0.15, 0.2) is 42.6 Å². The monoisotopic (exact) mass is 438 g/mol. The molecule has 0 bridgehead atoms. The summed E-state index contributed by atoms with van der Waals surface area (Å²) in [6.07, 6.45) is 3.04. The molecule has 0 saturated carbocycles. The molecule has 0 unspecified atom stereocenters. The molecule has 0 aliphatic carbocycles. The van der Waals surface area contributed by atoms with Crippen LogP contribution in [0.4, 0.5) is 0 Å². The van der Waals surface area contributed by atoms with Crippen LogP contribution in [0, 0.1) is 0 Å². The van der Waals surface area contributed by atoms with Gasteiger partial charge in [0.25, 0.3) is 5.91 Å². The fourth-order valence-electron chi connectivity index (χ4n) is 4.83. The summed E-state index contributed by atoms with van der Waals surface area (Å²) in [5.41, 5.74) is 4.70. The molecular formula is C24H27ClN4O2. The predicted octanol–water partition coefficient (Wildman–Crippen LogP) is 3.80. The minimum absolute atomic E-state index is 0.0151. The number of nitrogens with zero attached hydrogens (tertiary/aromatic N) is 4. The molecule has 0 radical (unpaired) electrons. The van der Waals surface area contributed by atoms with Gasteiger partial charge < -0.3 is 14.0 Å². The van der Waals surface area contributed by atoms with Crippen molar-refractivity contribution < 1.29 is 9.53 Å². The molecule has 3 aromatic rings. The quantitative estimate of drug-likeness (QED) is 0.624. The Morgan fingerprint density at radius 2 is 1.87 bits per heavy atom. The Bertz CT molecular complexity index is 1120. The van der Waals surface area contributed by atoms with E-state index >= 15 is 0 Å². The number of amides is 1. The Morgan fingerprint density at radius 3 is 2.65 bits per heavy atom. The maximum atomic E-state index is 13.6. The van der Waals surface area contributed by atoms with Gasteiger partial charge in [0.15, 0.2) is 5.69 Å². The molecule has 0 N–H and O–H groups in total. The number of hydrogen-bond acceptors (Lipinski definition) is 4. The summed E-state index contributed by atoms with van der Waals surface area (Å²) in [5, 5.41) is 0.626. The lowest BCUT2D eigenvalue weighted by molar-refractivity contribution is -0.0708. The highest BCUT2D eigenvalue weighted by atomic mass is 35.5. The number of benzene rings is 1. The zero-order valence-electron chi connectivity index (χ0n) is 17.9. The molecule has 1 saturated heterocycles. The van der Waals surface area contributed by atoms with Gasteiger partial charge in [0.2, 0.25) is 0 Å². The number of morpholine rings is 1. The average Bonchev–Trinajstić information content (AvgIpc) is 3.09. The number of hydrogen-bond donors (Lipinski definition) is 0. The van der Waals surface area contributed by atoms with E-state index < -0.39 is 0 Å². The minimum Gasteiger partial charge on any atom is -0.373 e. The molecule has 7 heteroatoms. The summed E-state index contributed by atoms with van der Waals surface area (Å²) < 4.78 is 7.86. The molecule has 2 atom stereocenters. The van der Waals surface area contributed by atoms with Crippen LogP contribution in [0.2, 0.25) is 5.02 Å². The second-order valence-corrected chi connectivity index (χ2v) is 9.12. The Labute approximate surface area is 187 Å². The first-order valence-electron chi connectivity index (χ1n) is 10.9. The largest absolute Gasteiger partial charge is 0.373 e. The van der Waals surface area contributed by atoms with Gasteiger partial charge in [-0.2, -0.15) is 0 Å². The molecule has 6 nitrogen and oxygen atoms in total. The summed E-state index contributed by atoms with van der Waals surface area (Å²) in [4.78, 5) is 22.6. The molecular weight excluding hydrogens is 412 g/mol. The predicted molar refractivity (Wildman–Crippen MR) is 120 cm³/mol. The Kier molecular flexibility index (Phi) is 5.46. The van der Waals surface area contributed by atoms with E-state index in [4.69, 9.17) is 21.3 Å². The van der Waals surface area contributed by atoms with Crippen molar-refractivity contribution in [1.82, 2.24) is 19.2 Å². The molecule has 2 aromatic heterocycles. The number of imidazole rings is 1. The standard InChI is InChI=1S/C24H27ClN4O2/c1-16-11-27(12-17(2)31-16)15-21-23(26-22-8-7-20(25)14-29(21)22)24(30)28-10-9-18-5-3-4-6-19(18)13-28/h3-8,14,16-17H,9-13,15H2,1-2H3/t16-,17+. The Morgan fingerprint density at radius 1 is 1.13 bits per heavy atom. The van der Waals surface area contributed by atoms with Crippen LogP contribution in [0.1, 0.15) is 41.2 Å². The van der Waals surface area contributed by atoms with Gasteiger partial charge in [0.1, 0.15) is 5.65 Å². The highest BCUT2D eigenvalue weighted by Gasteiger charge is 2.29. The van der Waals surface area contributed by atoms with E-state index in [1.54, 1.807) is 0 Å². The summed E-state index contributed by atoms with van der Waals surface area (Å²) in [6.45, 7) is 7.78. The van der Waals surface area contributed by atoms with Crippen molar-refractivity contribution in [3.8, 4) is 0 Å². The minimum atomic E-state index is -0.0151. The molecule has 1 amide bonds. The highest BCUT2D eigenvalue weighted by molar-refractivity contribution is 6.30. The van der Waals surface area contributed by atoms with Gasteiger partial charge in [0.05, 0.1) is 22.9 Å². The van der Waals surface area contributed by atoms with Gasteiger partial charge in [-0.1, -0.05) is 35.9 Å². The van der Waals surface area contributed by atoms with Crippen LogP contribution in [0.5, 0.6) is 0 Å². The van der Waals surface area contributed by atoms with E-state index in [9.17, 15) is 4.79 Å². The van der Waals surface area contributed by atoms with Crippen LogP contribution in [-0.4, -0.2) is 56.9 Å². The summed E-state index contributed by atoms with van der Waals surface area (Å²) in [6, 6.07) is 12.0. The first-order valence-corrected chi connectivity index (χ1v) is 11.3. The van der Waals surface area contributed by atoms with Crippen molar-refractivity contribution in [3.63, 3.8) is 0 Å². The van der Waals surface area contributed by atoms with E-state index in [1.165, 1.54) is 11.1 Å². The summed E-state index contributed by atoms with van der Waals surface area (Å²) in [5.74, 6) is -0.0151. The molecule has 4 heterocycles. The normalized spacial score (nSPS) is 22.0. The first-order chi connectivity index (χ1) is 15.0. The fraction of sp³-hybridized carbons (Fsp3) is 0.417. The van der Waals surface area contributed by atoms with Gasteiger partial charge in [-0.3, -0.25) is 9.69 Å². The lowest BCUT2D eigenvalue weighted by atomic mass is 9.99. The Hall–Kier alpha value is -2.41. The second-order valence-electron chi connectivity index (χ2n) is 8.68. The second kappa shape index (κ2) is 8.26. The number of carbonyl (C=O) groups excluding carboxylic acids is 1. The molecule has 1 aromatic carbocycles. The van der Waals surface area contributed by atoms with E-state index in [0.717, 1.165) is 30.9 Å². The van der Waals surface area contributed by atoms with Crippen LogP contribution in [-0.2, 0) is 24.2 Å². The lowest BCUT2D eigenvalue weighted by Crippen LogP contribution is -2.45. The van der Waals surface area contributed by atoms with Crippen molar-refractivity contribution in [2.45, 2.75) is 45.6 Å². The summed E-state index contributed by atoms with van der Waals surface area (Å²) >= 11 is 6.30. The van der Waals surface area contributed by atoms with Crippen LogP contribution in [0.25, 0.3) is 5.65 Å². The van der Waals surface area contributed by atoms with Gasteiger partial charge in [-0.05, 0) is 43.5 Å². The van der Waals surface area contributed by atoms with E-state index in [0.29, 0.717) is 30.4 Å². The molecule has 2 aliphatic heterocycles.